The number of hydrogen-bond donors (Lipinski definition) is 0. The van der Waals surface area contributed by atoms with Gasteiger partial charge in [-0.1, -0.05) is 38.5 Å². The number of rotatable bonds is 7. The predicted molar refractivity (Wildman–Crippen MR) is 103 cm³/mol. The highest BCUT2D eigenvalue weighted by Gasteiger charge is 2.21. The Labute approximate surface area is 153 Å². The third-order valence-electron chi connectivity index (χ3n) is 4.48. The molecule has 0 aliphatic carbocycles. The van der Waals surface area contributed by atoms with Gasteiger partial charge in [-0.05, 0) is 37.8 Å². The van der Waals surface area contributed by atoms with Gasteiger partial charge in [0.1, 0.15) is 12.4 Å². The molecule has 0 amide bonds. The summed E-state index contributed by atoms with van der Waals surface area (Å²) in [6.07, 6.45) is 0.619. The Hall–Kier alpha value is -1.10. The molecular weight excluding hydrogens is 314 g/mol. The molecule has 1 aromatic rings. The molecule has 0 N–H and O–H groups in total. The minimum absolute atomic E-state index is 0.0753. The van der Waals surface area contributed by atoms with Gasteiger partial charge in [0.15, 0.2) is 0 Å². The van der Waals surface area contributed by atoms with Crippen molar-refractivity contribution in [2.45, 2.75) is 59.2 Å². The minimum atomic E-state index is 0.0753. The Morgan fingerprint density at radius 1 is 1.08 bits per heavy atom. The van der Waals surface area contributed by atoms with Crippen LogP contribution in [-0.2, 0) is 14.9 Å². The summed E-state index contributed by atoms with van der Waals surface area (Å²) in [7, 11) is 0. The second-order valence-electron chi connectivity index (χ2n) is 8.23. The van der Waals surface area contributed by atoms with Crippen LogP contribution in [0.4, 0.5) is 0 Å². The molecule has 1 fully saturated rings. The molecule has 2 atom stereocenters. The van der Waals surface area contributed by atoms with Crippen LogP contribution in [0.25, 0.3) is 0 Å². The lowest BCUT2D eigenvalue weighted by Gasteiger charge is -2.35. The second kappa shape index (κ2) is 9.02. The first kappa shape index (κ1) is 20.2. The molecule has 1 saturated heterocycles. The summed E-state index contributed by atoms with van der Waals surface area (Å²) in [5.41, 5.74) is 2.60. The predicted octanol–water partition coefficient (Wildman–Crippen LogP) is 3.80. The average Bonchev–Trinajstić information content (AvgIpc) is 2.50. The normalized spacial score (nSPS) is 22.2. The van der Waals surface area contributed by atoms with Crippen molar-refractivity contribution in [3.8, 4) is 5.75 Å². The van der Waals surface area contributed by atoms with Crippen LogP contribution in [0.3, 0.4) is 0 Å². The summed E-state index contributed by atoms with van der Waals surface area (Å²) in [4.78, 5) is 2.41. The van der Waals surface area contributed by atoms with E-state index in [1.54, 1.807) is 0 Å². The maximum atomic E-state index is 5.99. The molecule has 0 bridgehead atoms. The lowest BCUT2D eigenvalue weighted by atomic mass is 9.85. The third-order valence-corrected chi connectivity index (χ3v) is 4.48. The fraction of sp³-hybridized carbons (Fsp3) is 0.714. The molecule has 25 heavy (non-hydrogen) atoms. The van der Waals surface area contributed by atoms with Crippen molar-refractivity contribution in [1.29, 1.82) is 0 Å². The zero-order valence-corrected chi connectivity index (χ0v) is 16.8. The summed E-state index contributed by atoms with van der Waals surface area (Å²) in [5, 5.41) is 0. The maximum absolute atomic E-state index is 5.99. The lowest BCUT2D eigenvalue weighted by Crippen LogP contribution is -2.46. The van der Waals surface area contributed by atoms with Crippen LogP contribution in [0.2, 0.25) is 0 Å². The van der Waals surface area contributed by atoms with E-state index in [2.05, 4.69) is 64.6 Å². The Morgan fingerprint density at radius 2 is 1.76 bits per heavy atom. The Kier molecular flexibility index (Phi) is 7.29. The van der Waals surface area contributed by atoms with E-state index in [9.17, 15) is 0 Å². The molecule has 4 heteroatoms. The molecule has 1 aliphatic heterocycles. The summed E-state index contributed by atoms with van der Waals surface area (Å²) in [5.74, 6) is 0.970. The van der Waals surface area contributed by atoms with Crippen LogP contribution in [0.15, 0.2) is 18.2 Å². The number of aryl methyl sites for hydroxylation is 1. The maximum Gasteiger partial charge on any atom is 0.123 e. The van der Waals surface area contributed by atoms with E-state index in [4.69, 9.17) is 14.2 Å². The van der Waals surface area contributed by atoms with Crippen molar-refractivity contribution in [1.82, 2.24) is 4.90 Å². The van der Waals surface area contributed by atoms with Crippen molar-refractivity contribution in [2.24, 2.45) is 0 Å². The van der Waals surface area contributed by atoms with Crippen molar-refractivity contribution in [3.63, 3.8) is 0 Å². The Bertz CT molecular complexity index is 528. The fourth-order valence-electron chi connectivity index (χ4n) is 3.33. The van der Waals surface area contributed by atoms with Crippen LogP contribution in [0.5, 0.6) is 5.75 Å². The van der Waals surface area contributed by atoms with Crippen molar-refractivity contribution in [3.05, 3.63) is 29.3 Å². The van der Waals surface area contributed by atoms with E-state index >= 15 is 0 Å². The van der Waals surface area contributed by atoms with Crippen molar-refractivity contribution in [2.75, 3.05) is 39.5 Å². The highest BCUT2D eigenvalue weighted by molar-refractivity contribution is 5.41. The van der Waals surface area contributed by atoms with Gasteiger partial charge in [-0.3, -0.25) is 4.90 Å². The van der Waals surface area contributed by atoms with Gasteiger partial charge >= 0.3 is 0 Å². The number of benzene rings is 1. The zero-order chi connectivity index (χ0) is 18.4. The molecular formula is C21H35NO3. The fourth-order valence-corrected chi connectivity index (χ4v) is 3.33. The smallest absolute Gasteiger partial charge is 0.123 e. The molecule has 142 valence electrons. The topological polar surface area (TPSA) is 30.9 Å². The SMILES string of the molecule is Cc1ccc(OCCOCCN2C[C@@H](C)O[C@H](C)C2)c(C(C)(C)C)c1. The largest absolute Gasteiger partial charge is 0.491 e. The van der Waals surface area contributed by atoms with E-state index in [0.717, 1.165) is 32.0 Å². The first-order chi connectivity index (χ1) is 11.8. The van der Waals surface area contributed by atoms with Crippen molar-refractivity contribution < 1.29 is 14.2 Å². The molecule has 0 aromatic heterocycles. The first-order valence-corrected chi connectivity index (χ1v) is 9.45. The number of ether oxygens (including phenoxy) is 3. The molecule has 0 spiro atoms. The molecule has 2 rings (SSSR count). The van der Waals surface area contributed by atoms with Gasteiger partial charge in [0.05, 0.1) is 25.4 Å². The Morgan fingerprint density at radius 3 is 2.40 bits per heavy atom. The van der Waals surface area contributed by atoms with Gasteiger partial charge < -0.3 is 14.2 Å². The van der Waals surface area contributed by atoms with E-state index in [1.807, 2.05) is 0 Å². The van der Waals surface area contributed by atoms with Gasteiger partial charge in [0, 0.05) is 19.6 Å². The number of morpholine rings is 1. The third kappa shape index (κ3) is 6.61. The van der Waals surface area contributed by atoms with E-state index in [0.29, 0.717) is 25.4 Å². The van der Waals surface area contributed by atoms with Crippen LogP contribution < -0.4 is 4.74 Å². The highest BCUT2D eigenvalue weighted by atomic mass is 16.5. The van der Waals surface area contributed by atoms with Crippen LogP contribution in [-0.4, -0.2) is 56.6 Å². The number of nitrogens with zero attached hydrogens (tertiary/aromatic N) is 1. The van der Waals surface area contributed by atoms with Crippen LogP contribution in [0, 0.1) is 6.92 Å². The minimum Gasteiger partial charge on any atom is -0.491 e. The van der Waals surface area contributed by atoms with E-state index in [-0.39, 0.29) is 5.41 Å². The van der Waals surface area contributed by atoms with Gasteiger partial charge in [0.2, 0.25) is 0 Å². The Balaban J connectivity index is 1.70. The quantitative estimate of drug-likeness (QED) is 0.701. The molecule has 0 unspecified atom stereocenters. The molecule has 1 aromatic carbocycles. The lowest BCUT2D eigenvalue weighted by molar-refractivity contribution is -0.0734. The van der Waals surface area contributed by atoms with Crippen LogP contribution >= 0.6 is 0 Å². The number of hydrogen-bond acceptors (Lipinski definition) is 4. The standard InChI is InChI=1S/C21H35NO3/c1-16-7-8-20(19(13-16)21(4,5)6)24-12-11-23-10-9-22-14-17(2)25-18(3)15-22/h7-8,13,17-18H,9-12,14-15H2,1-6H3/t17-,18-/m1/s1. The van der Waals surface area contributed by atoms with Crippen LogP contribution in [0.1, 0.15) is 45.7 Å². The molecule has 1 aliphatic rings. The zero-order valence-electron chi connectivity index (χ0n) is 16.8. The molecule has 0 radical (unpaired) electrons. The monoisotopic (exact) mass is 349 g/mol. The molecule has 1 heterocycles. The first-order valence-electron chi connectivity index (χ1n) is 9.45. The second-order valence-corrected chi connectivity index (χ2v) is 8.23. The van der Waals surface area contributed by atoms with Gasteiger partial charge in [-0.15, -0.1) is 0 Å². The highest BCUT2D eigenvalue weighted by Crippen LogP contribution is 2.32. The average molecular weight is 350 g/mol. The van der Waals surface area contributed by atoms with Gasteiger partial charge in [-0.25, -0.2) is 0 Å². The molecule has 4 nitrogen and oxygen atoms in total. The summed E-state index contributed by atoms with van der Waals surface area (Å²) in [6.45, 7) is 17.9. The summed E-state index contributed by atoms with van der Waals surface area (Å²) < 4.78 is 17.5. The summed E-state index contributed by atoms with van der Waals surface area (Å²) >= 11 is 0. The van der Waals surface area contributed by atoms with Crippen molar-refractivity contribution >= 4 is 0 Å². The van der Waals surface area contributed by atoms with E-state index in [1.165, 1.54) is 11.1 Å². The van der Waals surface area contributed by atoms with Gasteiger partial charge in [-0.2, -0.15) is 0 Å². The molecule has 0 saturated carbocycles. The van der Waals surface area contributed by atoms with Gasteiger partial charge in [0.25, 0.3) is 0 Å². The van der Waals surface area contributed by atoms with E-state index < -0.39 is 0 Å². The summed E-state index contributed by atoms with van der Waals surface area (Å²) in [6, 6.07) is 6.40.